The van der Waals surface area contributed by atoms with E-state index in [2.05, 4.69) is 45.1 Å². The highest BCUT2D eigenvalue weighted by Crippen LogP contribution is 2.15. The maximum absolute atomic E-state index is 12.7. The normalized spacial score (nSPS) is 12.1. The first-order chi connectivity index (χ1) is 27.5. The third-order valence-corrected chi connectivity index (χ3v) is 10.7. The zero-order valence-corrected chi connectivity index (χ0v) is 37.4. The van der Waals surface area contributed by atoms with Crippen LogP contribution in [0.4, 0.5) is 0 Å². The van der Waals surface area contributed by atoms with Gasteiger partial charge < -0.3 is 14.2 Å². The van der Waals surface area contributed by atoms with Gasteiger partial charge in [0.2, 0.25) is 0 Å². The molecule has 0 aliphatic heterocycles. The van der Waals surface area contributed by atoms with E-state index >= 15 is 0 Å². The van der Waals surface area contributed by atoms with Crippen LogP contribution in [0.15, 0.2) is 24.3 Å². The Bertz CT molecular complexity index is 911. The Labute approximate surface area is 347 Å². The predicted octanol–water partition coefficient (Wildman–Crippen LogP) is 15.6. The van der Waals surface area contributed by atoms with Gasteiger partial charge in [0.05, 0.1) is 0 Å². The zero-order chi connectivity index (χ0) is 40.8. The first-order valence-corrected chi connectivity index (χ1v) is 24.4. The Morgan fingerprint density at radius 3 is 0.982 bits per heavy atom. The quantitative estimate of drug-likeness (QED) is 0.0265. The number of carbonyl (C=O) groups excluding carboxylic acids is 3. The Hall–Kier alpha value is -2.11. The molecule has 1 unspecified atom stereocenters. The summed E-state index contributed by atoms with van der Waals surface area (Å²) in [6.07, 6.45) is 50.1. The van der Waals surface area contributed by atoms with Crippen molar-refractivity contribution in [1.82, 2.24) is 0 Å². The maximum atomic E-state index is 12.7. The number of hydrogen-bond acceptors (Lipinski definition) is 6. The van der Waals surface area contributed by atoms with Gasteiger partial charge in [-0.15, -0.1) is 0 Å². The van der Waals surface area contributed by atoms with Crippen LogP contribution in [0.25, 0.3) is 0 Å². The molecule has 0 aromatic carbocycles. The van der Waals surface area contributed by atoms with Crippen LogP contribution in [0.1, 0.15) is 258 Å². The summed E-state index contributed by atoms with van der Waals surface area (Å²) in [7, 11) is 0. The number of ether oxygens (including phenoxy) is 3. The molecule has 1 atom stereocenters. The van der Waals surface area contributed by atoms with Gasteiger partial charge in [0.25, 0.3) is 0 Å². The molecule has 0 saturated carbocycles. The maximum Gasteiger partial charge on any atom is 0.306 e. The topological polar surface area (TPSA) is 78.9 Å². The SMILES string of the molecule is CCCCC/C=C\C=C/CCCCCCCCC(=O)OCC(COC(=O)CCCCCCCCCCCCC)OC(=O)CCCCCCCCCCCCCC. The molecule has 0 aromatic rings. The molecular weight excluding hydrogens is 697 g/mol. The van der Waals surface area contributed by atoms with E-state index in [1.807, 2.05) is 0 Å². The smallest absolute Gasteiger partial charge is 0.306 e. The van der Waals surface area contributed by atoms with Crippen LogP contribution in [0.3, 0.4) is 0 Å². The fourth-order valence-electron chi connectivity index (χ4n) is 7.02. The standard InChI is InChI=1S/C50H92O6/c1-4-7-10-13-16-19-22-24-25-26-29-31-34-37-40-43-49(52)55-46-47(45-54-48(51)42-39-36-33-30-27-21-18-15-12-9-6-3)56-50(53)44-41-38-35-32-28-23-20-17-14-11-8-5-2/h16,19,22,24,47H,4-15,17-18,20-21,23,25-46H2,1-3H3/b19-16-,24-22-. The van der Waals surface area contributed by atoms with E-state index in [0.717, 1.165) is 64.2 Å². The molecule has 0 rings (SSSR count). The highest BCUT2D eigenvalue weighted by Gasteiger charge is 2.19. The molecule has 0 radical (unpaired) electrons. The van der Waals surface area contributed by atoms with Gasteiger partial charge in [0.1, 0.15) is 13.2 Å². The minimum atomic E-state index is -0.768. The molecule has 0 spiro atoms. The summed E-state index contributed by atoms with van der Waals surface area (Å²) < 4.78 is 16.7. The first-order valence-electron chi connectivity index (χ1n) is 24.4. The molecule has 328 valence electrons. The minimum absolute atomic E-state index is 0.0707. The largest absolute Gasteiger partial charge is 0.462 e. The summed E-state index contributed by atoms with van der Waals surface area (Å²) in [5.74, 6) is -0.874. The van der Waals surface area contributed by atoms with Gasteiger partial charge in [-0.05, 0) is 44.9 Å². The molecule has 0 aromatic heterocycles. The fraction of sp³-hybridized carbons (Fsp3) is 0.860. The molecule has 0 amide bonds. The van der Waals surface area contributed by atoms with Crippen molar-refractivity contribution in [2.45, 2.75) is 264 Å². The van der Waals surface area contributed by atoms with Crippen LogP contribution in [-0.2, 0) is 28.6 Å². The predicted molar refractivity (Wildman–Crippen MR) is 238 cm³/mol. The molecule has 0 N–H and O–H groups in total. The van der Waals surface area contributed by atoms with Crippen LogP contribution < -0.4 is 0 Å². The number of hydrogen-bond donors (Lipinski definition) is 0. The molecule has 0 aliphatic carbocycles. The summed E-state index contributed by atoms with van der Waals surface area (Å²) in [5.41, 5.74) is 0. The van der Waals surface area contributed by atoms with Crippen molar-refractivity contribution >= 4 is 17.9 Å². The van der Waals surface area contributed by atoms with E-state index in [0.29, 0.717) is 19.3 Å². The van der Waals surface area contributed by atoms with Gasteiger partial charge in [-0.25, -0.2) is 0 Å². The second-order valence-electron chi connectivity index (χ2n) is 16.4. The summed E-state index contributed by atoms with van der Waals surface area (Å²) >= 11 is 0. The monoisotopic (exact) mass is 789 g/mol. The van der Waals surface area contributed by atoms with Crippen LogP contribution in [-0.4, -0.2) is 37.2 Å². The van der Waals surface area contributed by atoms with Crippen LogP contribution in [0.2, 0.25) is 0 Å². The highest BCUT2D eigenvalue weighted by atomic mass is 16.6. The number of unbranched alkanes of at least 4 members (excludes halogenated alkanes) is 30. The Morgan fingerprint density at radius 2 is 0.625 bits per heavy atom. The Balaban J connectivity index is 4.35. The number of allylic oxidation sites excluding steroid dienone is 4. The van der Waals surface area contributed by atoms with Gasteiger partial charge in [-0.3, -0.25) is 14.4 Å². The average molecular weight is 789 g/mol. The lowest BCUT2D eigenvalue weighted by Gasteiger charge is -2.18. The molecule has 0 fully saturated rings. The minimum Gasteiger partial charge on any atom is -0.462 e. The number of carbonyl (C=O) groups is 3. The third-order valence-electron chi connectivity index (χ3n) is 10.7. The van der Waals surface area contributed by atoms with Gasteiger partial charge in [-0.2, -0.15) is 0 Å². The molecule has 0 heterocycles. The summed E-state index contributed by atoms with van der Waals surface area (Å²) in [6, 6.07) is 0. The van der Waals surface area contributed by atoms with E-state index in [4.69, 9.17) is 14.2 Å². The summed E-state index contributed by atoms with van der Waals surface area (Å²) in [6.45, 7) is 6.60. The van der Waals surface area contributed by atoms with Crippen molar-refractivity contribution in [3.8, 4) is 0 Å². The van der Waals surface area contributed by atoms with E-state index in [1.54, 1.807) is 0 Å². The molecule has 0 bridgehead atoms. The summed E-state index contributed by atoms with van der Waals surface area (Å²) in [5, 5.41) is 0. The second-order valence-corrected chi connectivity index (χ2v) is 16.4. The third kappa shape index (κ3) is 43.0. The van der Waals surface area contributed by atoms with E-state index in [1.165, 1.54) is 154 Å². The summed E-state index contributed by atoms with van der Waals surface area (Å²) in [4.78, 5) is 37.8. The highest BCUT2D eigenvalue weighted by molar-refractivity contribution is 5.71. The first kappa shape index (κ1) is 53.9. The average Bonchev–Trinajstić information content (AvgIpc) is 3.19. The van der Waals surface area contributed by atoms with Crippen molar-refractivity contribution in [3.05, 3.63) is 24.3 Å². The van der Waals surface area contributed by atoms with Crippen molar-refractivity contribution in [1.29, 1.82) is 0 Å². The van der Waals surface area contributed by atoms with Gasteiger partial charge in [0.15, 0.2) is 6.10 Å². The van der Waals surface area contributed by atoms with E-state index in [-0.39, 0.29) is 31.1 Å². The molecular formula is C50H92O6. The van der Waals surface area contributed by atoms with E-state index in [9.17, 15) is 14.4 Å². The Kier molecular flexibility index (Phi) is 43.9. The Morgan fingerprint density at radius 1 is 0.357 bits per heavy atom. The lowest BCUT2D eigenvalue weighted by Crippen LogP contribution is -2.30. The molecule has 6 heteroatoms. The second kappa shape index (κ2) is 45.6. The van der Waals surface area contributed by atoms with Gasteiger partial charge in [-0.1, -0.05) is 218 Å². The molecule has 56 heavy (non-hydrogen) atoms. The van der Waals surface area contributed by atoms with Crippen LogP contribution >= 0.6 is 0 Å². The lowest BCUT2D eigenvalue weighted by molar-refractivity contribution is -0.167. The van der Waals surface area contributed by atoms with Crippen molar-refractivity contribution < 1.29 is 28.6 Å². The van der Waals surface area contributed by atoms with Crippen LogP contribution in [0, 0.1) is 0 Å². The van der Waals surface area contributed by atoms with Crippen molar-refractivity contribution in [2.24, 2.45) is 0 Å². The molecule has 0 saturated heterocycles. The zero-order valence-electron chi connectivity index (χ0n) is 37.4. The number of rotatable bonds is 44. The number of esters is 3. The lowest BCUT2D eigenvalue weighted by atomic mass is 10.0. The van der Waals surface area contributed by atoms with Crippen molar-refractivity contribution in [3.63, 3.8) is 0 Å². The van der Waals surface area contributed by atoms with Crippen LogP contribution in [0.5, 0.6) is 0 Å². The molecule has 6 nitrogen and oxygen atoms in total. The van der Waals surface area contributed by atoms with Crippen molar-refractivity contribution in [2.75, 3.05) is 13.2 Å². The fourth-order valence-corrected chi connectivity index (χ4v) is 7.02. The van der Waals surface area contributed by atoms with Gasteiger partial charge >= 0.3 is 17.9 Å². The molecule has 0 aliphatic rings. The van der Waals surface area contributed by atoms with E-state index < -0.39 is 6.10 Å². The van der Waals surface area contributed by atoms with Gasteiger partial charge in [0, 0.05) is 19.3 Å².